The summed E-state index contributed by atoms with van der Waals surface area (Å²) >= 11 is 9.06. The van der Waals surface area contributed by atoms with E-state index in [9.17, 15) is 43.2 Å². The number of nitrogens with zero attached hydrogens (tertiary/aromatic N) is 2. The van der Waals surface area contributed by atoms with Crippen molar-refractivity contribution in [2.75, 3.05) is 6.54 Å². The number of imidazole rings is 1. The van der Waals surface area contributed by atoms with Crippen molar-refractivity contribution in [3.05, 3.63) is 90.1 Å². The molecule has 26 heteroatoms. The number of hydrogen-bond acceptors (Lipinski definition) is 13. The second-order valence-electron chi connectivity index (χ2n) is 20.4. The minimum absolute atomic E-state index is 0.0520. The summed E-state index contributed by atoms with van der Waals surface area (Å²) in [6, 6.07) is 5.69. The van der Waals surface area contributed by atoms with Crippen molar-refractivity contribution >= 4 is 95.3 Å². The van der Waals surface area contributed by atoms with E-state index in [1.165, 1.54) is 26.4 Å². The molecule has 79 heavy (non-hydrogen) atoms. The number of para-hydroxylation sites is 1. The van der Waals surface area contributed by atoms with Gasteiger partial charge in [0.2, 0.25) is 53.2 Å². The number of amides is 9. The molecule has 0 aliphatic rings. The summed E-state index contributed by atoms with van der Waals surface area (Å²) in [5.41, 5.74) is 19.3. The maximum absolute atomic E-state index is 14.7. The molecular formula is C53H77N15O9S2. The SMILES string of the molecule is CCCC[C@H](NC(C)=O)C(=O)N[C@H](C(=O)N[C@H](C)C(=O)N[C@@H](Cc1cnc[nH]1)C(=O)N[C@H](Cc1ccccc1)C(=O)N[C@@H](CCCN=C(N)N)C(=O)N[C@@H](Cc1c[nH]c2ccccc12)C(=O)N[C@H](C(N)=O)C(C)(C)S)C(C)(C)S. The lowest BCUT2D eigenvalue weighted by Crippen LogP contribution is -2.62. The molecule has 0 aliphatic heterocycles. The Morgan fingerprint density at radius 1 is 0.608 bits per heavy atom. The third-order valence-electron chi connectivity index (χ3n) is 12.7. The van der Waals surface area contributed by atoms with E-state index in [4.69, 9.17) is 17.2 Å². The number of rotatable bonds is 31. The van der Waals surface area contributed by atoms with Crippen LogP contribution in [-0.2, 0) is 62.4 Å². The van der Waals surface area contributed by atoms with Crippen molar-refractivity contribution in [2.24, 2.45) is 22.2 Å². The summed E-state index contributed by atoms with van der Waals surface area (Å²) in [5.74, 6) is -6.96. The van der Waals surface area contributed by atoms with E-state index in [2.05, 4.69) is 87.7 Å². The number of carbonyl (C=O) groups is 9. The molecule has 0 aliphatic carbocycles. The average molecular weight is 1130 g/mol. The first-order chi connectivity index (χ1) is 37.2. The Labute approximate surface area is 470 Å². The smallest absolute Gasteiger partial charge is 0.244 e. The van der Waals surface area contributed by atoms with Crippen molar-refractivity contribution in [1.82, 2.24) is 57.5 Å². The molecule has 2 heterocycles. The number of nitrogens with one attached hydrogen (secondary N) is 10. The molecule has 0 unspecified atom stereocenters. The van der Waals surface area contributed by atoms with E-state index in [0.717, 1.165) is 17.3 Å². The first-order valence-corrected chi connectivity index (χ1v) is 26.8. The number of primary amides is 1. The molecule has 4 rings (SSSR count). The number of thiol groups is 2. The summed E-state index contributed by atoms with van der Waals surface area (Å²) in [7, 11) is 0. The van der Waals surface area contributed by atoms with Crippen LogP contribution in [0.25, 0.3) is 10.9 Å². The van der Waals surface area contributed by atoms with Gasteiger partial charge in [-0.2, -0.15) is 25.3 Å². The number of aromatic amines is 2. The molecule has 24 nitrogen and oxygen atoms in total. The highest BCUT2D eigenvalue weighted by Crippen LogP contribution is 2.22. The van der Waals surface area contributed by atoms with Gasteiger partial charge in [-0.1, -0.05) is 68.3 Å². The number of benzene rings is 2. The predicted octanol–water partition coefficient (Wildman–Crippen LogP) is -0.0170. The Kier molecular flexibility index (Phi) is 24.2. The van der Waals surface area contributed by atoms with Crippen LogP contribution in [0.4, 0.5) is 0 Å². The fourth-order valence-corrected chi connectivity index (χ4v) is 8.80. The van der Waals surface area contributed by atoms with Crippen molar-refractivity contribution in [1.29, 1.82) is 0 Å². The number of nitrogens with two attached hydrogens (primary N) is 3. The van der Waals surface area contributed by atoms with Gasteiger partial charge in [0.25, 0.3) is 0 Å². The Hall–Kier alpha value is -7.61. The van der Waals surface area contributed by atoms with Gasteiger partial charge in [-0.15, -0.1) is 0 Å². The highest BCUT2D eigenvalue weighted by atomic mass is 32.1. The molecule has 0 bridgehead atoms. The first kappa shape index (κ1) is 63.9. The maximum atomic E-state index is 14.7. The van der Waals surface area contributed by atoms with E-state index in [-0.39, 0.29) is 44.6 Å². The molecule has 2 aromatic carbocycles. The van der Waals surface area contributed by atoms with Gasteiger partial charge in [0.1, 0.15) is 48.3 Å². The lowest BCUT2D eigenvalue weighted by atomic mass is 9.99. The molecule has 0 saturated carbocycles. The van der Waals surface area contributed by atoms with Crippen molar-refractivity contribution in [2.45, 2.75) is 158 Å². The van der Waals surface area contributed by atoms with Gasteiger partial charge in [-0.05, 0) is 71.1 Å². The van der Waals surface area contributed by atoms with Crippen LogP contribution in [0.2, 0.25) is 0 Å². The van der Waals surface area contributed by atoms with Crippen LogP contribution in [0, 0.1) is 0 Å². The topological polar surface area (TPSA) is 385 Å². The lowest BCUT2D eigenvalue weighted by molar-refractivity contribution is -0.136. The van der Waals surface area contributed by atoms with E-state index >= 15 is 0 Å². The summed E-state index contributed by atoms with van der Waals surface area (Å²) in [6.07, 6.45) is 5.93. The average Bonchev–Trinajstić information content (AvgIpc) is 4.07. The number of guanidine groups is 1. The van der Waals surface area contributed by atoms with Gasteiger partial charge in [-0.3, -0.25) is 48.1 Å². The van der Waals surface area contributed by atoms with Crippen molar-refractivity contribution in [3.8, 4) is 0 Å². The van der Waals surface area contributed by atoms with Crippen LogP contribution >= 0.6 is 25.3 Å². The Balaban J connectivity index is 1.64. The fourth-order valence-electron chi connectivity index (χ4n) is 8.43. The molecule has 0 fully saturated rings. The number of fused-ring (bicyclic) bond motifs is 1. The first-order valence-electron chi connectivity index (χ1n) is 25.9. The molecule has 16 N–H and O–H groups in total. The molecule has 0 saturated heterocycles. The van der Waals surface area contributed by atoms with Crippen LogP contribution < -0.4 is 59.7 Å². The van der Waals surface area contributed by atoms with Crippen LogP contribution in [0.15, 0.2) is 78.3 Å². The van der Waals surface area contributed by atoms with Gasteiger partial charge in [0.05, 0.1) is 6.33 Å². The zero-order valence-electron chi connectivity index (χ0n) is 45.6. The zero-order chi connectivity index (χ0) is 58.6. The third-order valence-corrected chi connectivity index (χ3v) is 13.2. The summed E-state index contributed by atoms with van der Waals surface area (Å²) in [6.45, 7) is 11.0. The minimum atomic E-state index is -1.40. The van der Waals surface area contributed by atoms with Gasteiger partial charge in [-0.25, -0.2) is 4.98 Å². The Morgan fingerprint density at radius 3 is 1.71 bits per heavy atom. The van der Waals surface area contributed by atoms with Crippen LogP contribution in [0.5, 0.6) is 0 Å². The van der Waals surface area contributed by atoms with E-state index in [1.54, 1.807) is 64.2 Å². The highest BCUT2D eigenvalue weighted by Gasteiger charge is 2.39. The number of carbonyl (C=O) groups excluding carboxylic acids is 9. The van der Waals surface area contributed by atoms with E-state index < -0.39 is 111 Å². The standard InChI is InChI=1S/C53H77N15O9S2/c1-8-9-19-36(62-30(3)69)46(73)68-42(53(6,7)79)50(77)61-29(2)44(71)64-40(25-33-27-57-28-60-33)48(75)65-38(23-31-16-11-10-12-17-31)47(74)63-37(21-15-22-58-51(55)56)45(72)66-39(49(76)67-41(43(54)70)52(4,5)78)24-32-26-59-35-20-14-13-18-34(32)35/h10-14,16-18,20,26-29,36-42,59,78-79H,8-9,15,19,21-25H2,1-7H3,(H2,54,70)(H,57,60)(H,61,77)(H,62,69)(H,63,74)(H,64,71)(H,65,75)(H,66,72)(H,67,76)(H,68,73)(H4,55,56,58)/t29-,36+,37+,38-,39+,40+,41-,42-/m1/s1. The van der Waals surface area contributed by atoms with Crippen molar-refractivity contribution in [3.63, 3.8) is 0 Å². The van der Waals surface area contributed by atoms with Gasteiger partial charge in [0, 0.05) is 71.2 Å². The number of hydrogen-bond donors (Lipinski definition) is 15. The molecule has 2 aromatic heterocycles. The largest absolute Gasteiger partial charge is 0.370 e. The molecule has 0 radical (unpaired) electrons. The zero-order valence-corrected chi connectivity index (χ0v) is 47.4. The van der Waals surface area contributed by atoms with Crippen LogP contribution in [0.3, 0.4) is 0 Å². The van der Waals surface area contributed by atoms with Crippen LogP contribution in [0.1, 0.15) is 97.4 Å². The molecule has 9 amide bonds. The molecule has 430 valence electrons. The van der Waals surface area contributed by atoms with Gasteiger partial charge < -0.3 is 69.7 Å². The lowest BCUT2D eigenvalue weighted by Gasteiger charge is -2.32. The molecule has 8 atom stereocenters. The minimum Gasteiger partial charge on any atom is -0.370 e. The summed E-state index contributed by atoms with van der Waals surface area (Å²) < 4.78 is -2.29. The Bertz CT molecular complexity index is 2760. The number of aliphatic imine (C=N–C) groups is 1. The quantitative estimate of drug-likeness (QED) is 0.0137. The fraction of sp³-hybridized carbons (Fsp3) is 0.491. The monoisotopic (exact) mass is 1130 g/mol. The van der Waals surface area contributed by atoms with Gasteiger partial charge >= 0.3 is 0 Å². The number of aromatic nitrogens is 3. The Morgan fingerprint density at radius 2 is 1.13 bits per heavy atom. The second-order valence-corrected chi connectivity index (χ2v) is 22.8. The summed E-state index contributed by atoms with van der Waals surface area (Å²) in [5, 5.41) is 22.3. The molecule has 4 aromatic rings. The third kappa shape index (κ3) is 20.6. The van der Waals surface area contributed by atoms with Gasteiger partial charge in [0.15, 0.2) is 5.96 Å². The summed E-state index contributed by atoms with van der Waals surface area (Å²) in [4.78, 5) is 138. The number of H-pyrrole nitrogens is 2. The second kappa shape index (κ2) is 29.9. The molecule has 0 spiro atoms. The van der Waals surface area contributed by atoms with E-state index in [0.29, 0.717) is 29.7 Å². The van der Waals surface area contributed by atoms with Crippen LogP contribution in [-0.4, -0.2) is 138 Å². The normalized spacial score (nSPS) is 14.5. The van der Waals surface area contributed by atoms with Crippen molar-refractivity contribution < 1.29 is 43.2 Å². The highest BCUT2D eigenvalue weighted by molar-refractivity contribution is 7.82. The maximum Gasteiger partial charge on any atom is 0.244 e. The van der Waals surface area contributed by atoms with E-state index in [1.807, 2.05) is 31.2 Å². The number of unbranched alkanes of at least 4 members (excludes halogenated alkanes) is 1. The predicted molar refractivity (Wildman–Crippen MR) is 306 cm³/mol. The molecular weight excluding hydrogens is 1050 g/mol.